The normalized spacial score (nSPS) is 11.8. The fourth-order valence-electron chi connectivity index (χ4n) is 12.1. The van der Waals surface area contributed by atoms with Gasteiger partial charge in [0.2, 0.25) is 10.9 Å². The van der Waals surface area contributed by atoms with Crippen LogP contribution in [0.25, 0.3) is 109 Å². The van der Waals surface area contributed by atoms with Gasteiger partial charge < -0.3 is 28.8 Å². The Morgan fingerprint density at radius 1 is 0.402 bits per heavy atom. The van der Waals surface area contributed by atoms with Crippen molar-refractivity contribution in [3.63, 3.8) is 0 Å². The topological polar surface area (TPSA) is 216 Å². The number of halogens is 5. The molecule has 0 saturated heterocycles. The number of phenolic OH excluding ortho intramolecular Hbond substituents is 2. The van der Waals surface area contributed by atoms with E-state index in [0.29, 0.717) is 42.2 Å². The molecule has 4 aliphatic rings. The first kappa shape index (κ1) is 80.5. The summed E-state index contributed by atoms with van der Waals surface area (Å²) in [6.45, 7) is 17.2. The van der Waals surface area contributed by atoms with Crippen LogP contribution < -0.4 is 20.7 Å². The highest BCUT2D eigenvalue weighted by atomic mass is 127. The predicted molar refractivity (Wildman–Crippen MR) is 452 cm³/mol. The highest BCUT2D eigenvalue weighted by molar-refractivity contribution is 14.1. The van der Waals surface area contributed by atoms with Crippen molar-refractivity contribution in [2.24, 2.45) is 0 Å². The minimum absolute atomic E-state index is 0.00430. The Morgan fingerprint density at radius 2 is 0.720 bits per heavy atom. The van der Waals surface area contributed by atoms with Gasteiger partial charge in [-0.2, -0.15) is 16.8 Å². The molecule has 0 saturated carbocycles. The molecule has 14 nitrogen and oxygen atoms in total. The zero-order chi connectivity index (χ0) is 76.7. The van der Waals surface area contributed by atoms with E-state index in [2.05, 4.69) is 141 Å². The van der Waals surface area contributed by atoms with Gasteiger partial charge >= 0.3 is 0 Å². The molecule has 4 N–H and O–H groups in total. The second kappa shape index (κ2) is 36.7. The van der Waals surface area contributed by atoms with Gasteiger partial charge in [-0.05, 0) is 154 Å². The quantitative estimate of drug-likeness (QED) is 0.0181. The molecule has 552 valence electrons. The molecule has 0 bridgehead atoms. The predicted octanol–water partition coefficient (Wildman–Crippen LogP) is 23.9. The smallest absolute Gasteiger partial charge is 0.295 e. The zero-order valence-corrected chi connectivity index (χ0v) is 66.0. The molecule has 21 heteroatoms. The van der Waals surface area contributed by atoms with Gasteiger partial charge in [0.25, 0.3) is 20.2 Å². The van der Waals surface area contributed by atoms with Crippen molar-refractivity contribution < 1.29 is 45.0 Å². The number of hydrogen-bond donors (Lipinski definition) is 4. The van der Waals surface area contributed by atoms with Gasteiger partial charge in [-0.25, -0.2) is 0 Å². The maximum atomic E-state index is 12.8. The Kier molecular flexibility index (Phi) is 27.7. The van der Waals surface area contributed by atoms with E-state index in [1.54, 1.807) is 24.3 Å². The largest absolute Gasteiger partial charge is 0.506 e. The lowest BCUT2D eigenvalue weighted by molar-refractivity contribution is 0.474. The third-order valence-corrected chi connectivity index (χ3v) is 21.5. The lowest BCUT2D eigenvalue weighted by atomic mass is 9.93. The Balaban J connectivity index is 0.000000190. The zero-order valence-electron chi connectivity index (χ0n) is 59.2. The van der Waals surface area contributed by atoms with E-state index in [1.165, 1.54) is 141 Å². The van der Waals surface area contributed by atoms with Crippen molar-refractivity contribution in [2.75, 3.05) is 36.0 Å². The van der Waals surface area contributed by atoms with Crippen LogP contribution in [-0.4, -0.2) is 62.3 Å². The number of hydrogen-bond acceptors (Lipinski definition) is 12. The molecular weight excluding hydrogens is 1590 g/mol. The third-order valence-electron chi connectivity index (χ3n) is 17.9. The van der Waals surface area contributed by atoms with Crippen LogP contribution in [0.2, 0.25) is 20.1 Å². The van der Waals surface area contributed by atoms with Crippen molar-refractivity contribution >= 4 is 165 Å². The lowest BCUT2D eigenvalue weighted by Gasteiger charge is -2.24. The Bertz CT molecular complexity index is 5560. The number of rotatable bonds is 25. The van der Waals surface area contributed by atoms with Crippen molar-refractivity contribution in [3.05, 3.63) is 272 Å². The molecule has 0 aromatic heterocycles. The number of fused-ring (bicyclic) bond motifs is 4. The molecule has 0 unspecified atom stereocenters. The Morgan fingerprint density at radius 3 is 1.07 bits per heavy atom. The highest BCUT2D eigenvalue weighted by Gasteiger charge is 2.28. The van der Waals surface area contributed by atoms with Crippen molar-refractivity contribution in [1.29, 1.82) is 0 Å². The van der Waals surface area contributed by atoms with Gasteiger partial charge in [-0.15, -0.1) is 0 Å². The van der Waals surface area contributed by atoms with E-state index in [-0.39, 0.29) is 75.2 Å². The first-order chi connectivity index (χ1) is 51.3. The molecule has 0 radical (unpaired) electrons. The van der Waals surface area contributed by atoms with Gasteiger partial charge in [0.15, 0.2) is 0 Å². The first-order valence-corrected chi connectivity index (χ1v) is 40.4. The summed E-state index contributed by atoms with van der Waals surface area (Å²) in [6.07, 6.45) is 23.7. The number of nitrogens with zero attached hydrogens (tertiary/aromatic N) is 2. The lowest BCUT2D eigenvalue weighted by Crippen LogP contribution is -2.25. The Labute approximate surface area is 657 Å². The summed E-state index contributed by atoms with van der Waals surface area (Å²) in [6, 6.07) is 53.6. The van der Waals surface area contributed by atoms with E-state index in [1.807, 2.05) is 59.0 Å². The van der Waals surface area contributed by atoms with E-state index in [9.17, 15) is 45.7 Å². The number of anilines is 2. The van der Waals surface area contributed by atoms with E-state index >= 15 is 0 Å². The molecule has 107 heavy (non-hydrogen) atoms. The number of phenols is 2. The molecule has 2 aliphatic carbocycles. The second-order valence-corrected chi connectivity index (χ2v) is 31.2. The molecule has 0 amide bonds. The number of benzene rings is 10. The van der Waals surface area contributed by atoms with Crippen LogP contribution in [0.4, 0.5) is 11.4 Å². The van der Waals surface area contributed by atoms with Crippen molar-refractivity contribution in [1.82, 2.24) is 0 Å². The van der Waals surface area contributed by atoms with Gasteiger partial charge in [-0.1, -0.05) is 240 Å². The highest BCUT2D eigenvalue weighted by Crippen LogP contribution is 2.47. The molecule has 12 rings (SSSR count). The van der Waals surface area contributed by atoms with E-state index < -0.39 is 31.1 Å². The van der Waals surface area contributed by atoms with E-state index in [0.717, 1.165) is 48.4 Å². The third kappa shape index (κ3) is 20.6. The molecular formula is C86H79Cl4IN2O12S2. The monoisotopic (exact) mass is 1660 g/mol. The minimum atomic E-state index is -4.76. The number of aromatic hydroxyl groups is 2. The maximum Gasteiger partial charge on any atom is 0.295 e. The van der Waals surface area contributed by atoms with Crippen LogP contribution in [0, 0.1) is 3.57 Å². The maximum absolute atomic E-state index is 12.8. The van der Waals surface area contributed by atoms with Crippen molar-refractivity contribution in [3.8, 4) is 56.4 Å². The van der Waals surface area contributed by atoms with E-state index in [4.69, 9.17) is 55.2 Å². The fourth-order valence-corrected chi connectivity index (χ4v) is 14.9. The molecule has 2 heterocycles. The van der Waals surface area contributed by atoms with Crippen LogP contribution in [0.3, 0.4) is 0 Å². The fraction of sp³-hybridized carbons (Fsp3) is 0.186. The van der Waals surface area contributed by atoms with Crippen LogP contribution in [0.5, 0.6) is 11.5 Å². The summed E-state index contributed by atoms with van der Waals surface area (Å²) in [5, 5.41) is 20.7. The summed E-state index contributed by atoms with van der Waals surface area (Å²) < 4.78 is 82.3. The summed E-state index contributed by atoms with van der Waals surface area (Å²) in [5.41, 5.74) is 10.7. The first-order valence-electron chi connectivity index (χ1n) is 34.9. The van der Waals surface area contributed by atoms with Crippen LogP contribution in [0.1, 0.15) is 118 Å². The van der Waals surface area contributed by atoms with Crippen LogP contribution >= 0.6 is 69.0 Å². The van der Waals surface area contributed by atoms with Crippen molar-refractivity contribution in [2.45, 2.75) is 88.9 Å². The molecule has 2 aliphatic heterocycles. The van der Waals surface area contributed by atoms with Gasteiger partial charge in [0.1, 0.15) is 44.0 Å². The van der Waals surface area contributed by atoms with Gasteiger partial charge in [0, 0.05) is 110 Å². The van der Waals surface area contributed by atoms with Crippen LogP contribution in [0.15, 0.2) is 217 Å². The molecule has 0 fully saturated rings. The average molecular weight is 1670 g/mol. The molecule has 8 aromatic carbocycles. The minimum Gasteiger partial charge on any atom is -0.506 e. The van der Waals surface area contributed by atoms with Crippen LogP contribution in [-0.2, 0) is 20.2 Å². The molecule has 8 aromatic rings. The molecule has 0 spiro atoms. The van der Waals surface area contributed by atoms with Gasteiger partial charge in [0.05, 0.1) is 20.1 Å². The number of unbranched alkanes of at least 4 members (excludes halogenated alkanes) is 4. The summed E-state index contributed by atoms with van der Waals surface area (Å²) in [4.78, 5) is 28.7. The standard InChI is InChI=1S/C43H39Cl2NO6S.C24H31N.C19H9Cl2IO6S/c1-3-5-21-46(22-6-4-2)32-18-15-30(16-19-32)12-11-28-7-9-29(10-8-28)13-14-31-17-20-33(42(23-31)53(49,50)51)43-34-24-36(44)38(47)26-40(34)52-41-27-39(48)37(45)25-35(41)43;1-4-7-19-25(20-8-5-2)24-17-15-23(16-18-24)14-13-22-11-9-21(6-3)10-12-22;20-12-4-10-16(6-14(12)23)28-17-7-15(24)13(21)5-11(17)19(10)9-2-1-8(22)3-18(9)29(25,26)27/h7-20,23-27,47H,3-6,21-22H2,1-2H3,(H,49,50,51);6,9-18H,3-5,7-8,19-20H2,1-2H3;1-7,23H,(H,25,26,27)/b12-11+,14-13+;14-13+;. The summed E-state index contributed by atoms with van der Waals surface area (Å²) in [7, 11) is -9.35. The Hall–Kier alpha value is -8.99. The second-order valence-electron chi connectivity index (χ2n) is 25.6. The van der Waals surface area contributed by atoms with Gasteiger partial charge in [-0.3, -0.25) is 18.7 Å². The summed E-state index contributed by atoms with van der Waals surface area (Å²) in [5.74, 6) is -0.274. The molecule has 0 atom stereocenters. The average Bonchev–Trinajstić information content (AvgIpc) is 0.742. The SMILES string of the molecule is C=Cc1ccc(/C=C/c2ccc(N(CCCC)CCCC)cc2)cc1.CCCCN(CCCC)c1ccc(/C=C/c2ccc(/C=C/c3ccc(-c4c5cc(Cl)c(=O)cc-5oc5cc(O)c(Cl)cc45)c(S(=O)(=O)O)c3)cc2)cc1.O=c1cc2oc3cc(O)c(Cl)cc3c(-c3ccc(I)cc3S(=O)(=O)O)c-2cc1Cl. The summed E-state index contributed by atoms with van der Waals surface area (Å²) >= 11 is 26.5.